The maximum atomic E-state index is 12.4. The van der Waals surface area contributed by atoms with E-state index < -0.39 is 0 Å². The molecule has 1 atom stereocenters. The minimum absolute atomic E-state index is 0.0566. The van der Waals surface area contributed by atoms with Gasteiger partial charge in [-0.1, -0.05) is 18.2 Å². The summed E-state index contributed by atoms with van der Waals surface area (Å²) < 4.78 is 6.99. The zero-order valence-corrected chi connectivity index (χ0v) is 12.5. The highest BCUT2D eigenvalue weighted by Crippen LogP contribution is 2.28. The molecule has 22 heavy (non-hydrogen) atoms. The van der Waals surface area contributed by atoms with Gasteiger partial charge in [0.1, 0.15) is 17.5 Å². The van der Waals surface area contributed by atoms with Gasteiger partial charge in [0.2, 0.25) is 0 Å². The summed E-state index contributed by atoms with van der Waals surface area (Å²) in [7, 11) is 3.23. The van der Waals surface area contributed by atoms with Gasteiger partial charge in [0, 0.05) is 26.6 Å². The minimum atomic E-state index is -0.242. The number of hydrogen-bond donors (Lipinski definition) is 0. The van der Waals surface area contributed by atoms with Crippen LogP contribution in [-0.4, -0.2) is 40.3 Å². The lowest BCUT2D eigenvalue weighted by Crippen LogP contribution is -2.37. The highest BCUT2D eigenvalue weighted by atomic mass is 16.5. The largest absolute Gasteiger partial charge is 0.488 e. The molecule has 3 rings (SSSR count). The van der Waals surface area contributed by atoms with Crippen LogP contribution in [0, 0.1) is 0 Å². The predicted octanol–water partition coefficient (Wildman–Crippen LogP) is 0.856. The second-order valence-electron chi connectivity index (χ2n) is 5.42. The van der Waals surface area contributed by atoms with E-state index in [1.54, 1.807) is 11.9 Å². The van der Waals surface area contributed by atoms with Crippen LogP contribution in [0.3, 0.4) is 0 Å². The van der Waals surface area contributed by atoms with Crippen molar-refractivity contribution in [2.45, 2.75) is 12.5 Å². The van der Waals surface area contributed by atoms with Gasteiger partial charge in [0.05, 0.1) is 6.54 Å². The van der Waals surface area contributed by atoms with Gasteiger partial charge < -0.3 is 9.64 Å². The van der Waals surface area contributed by atoms with Gasteiger partial charge in [0.25, 0.3) is 11.5 Å². The fourth-order valence-corrected chi connectivity index (χ4v) is 2.56. The Morgan fingerprint density at radius 1 is 1.36 bits per heavy atom. The first-order valence-electron chi connectivity index (χ1n) is 7.09. The highest BCUT2D eigenvalue weighted by molar-refractivity contribution is 5.91. The number of aryl methyl sites for hydroxylation is 1. The Balaban J connectivity index is 1.67. The average molecular weight is 299 g/mol. The number of fused-ring (bicyclic) bond motifs is 1. The monoisotopic (exact) mass is 299 g/mol. The molecule has 1 unspecified atom stereocenters. The van der Waals surface area contributed by atoms with Crippen LogP contribution in [0.5, 0.6) is 5.75 Å². The van der Waals surface area contributed by atoms with Crippen LogP contribution in [0.4, 0.5) is 0 Å². The minimum Gasteiger partial charge on any atom is -0.488 e. The van der Waals surface area contributed by atoms with Crippen molar-refractivity contribution in [3.05, 3.63) is 58.0 Å². The normalized spacial score (nSPS) is 16.0. The summed E-state index contributed by atoms with van der Waals surface area (Å²) in [6.07, 6.45) is 0.730. The number of rotatable bonds is 3. The Morgan fingerprint density at radius 2 is 2.14 bits per heavy atom. The van der Waals surface area contributed by atoms with Crippen LogP contribution in [0.2, 0.25) is 0 Å². The van der Waals surface area contributed by atoms with E-state index in [4.69, 9.17) is 4.74 Å². The van der Waals surface area contributed by atoms with Gasteiger partial charge in [-0.15, -0.1) is 0 Å². The van der Waals surface area contributed by atoms with Crippen molar-refractivity contribution in [2.75, 3.05) is 13.6 Å². The third-order valence-corrected chi connectivity index (χ3v) is 3.72. The molecule has 0 N–H and O–H groups in total. The molecule has 6 nitrogen and oxygen atoms in total. The first-order chi connectivity index (χ1) is 10.5. The predicted molar refractivity (Wildman–Crippen MR) is 81.0 cm³/mol. The molecule has 1 aromatic carbocycles. The van der Waals surface area contributed by atoms with Crippen LogP contribution in [0.1, 0.15) is 16.1 Å². The SMILES string of the molecule is CN(CC1Cc2ccccc2O1)C(=O)c1ccc(=O)n(C)n1. The van der Waals surface area contributed by atoms with E-state index in [1.807, 2.05) is 24.3 Å². The summed E-state index contributed by atoms with van der Waals surface area (Å²) in [6, 6.07) is 10.7. The maximum Gasteiger partial charge on any atom is 0.274 e. The third-order valence-electron chi connectivity index (χ3n) is 3.72. The molecule has 1 aliphatic rings. The number of aromatic nitrogens is 2. The van der Waals surface area contributed by atoms with E-state index in [0.717, 1.165) is 22.4 Å². The zero-order chi connectivity index (χ0) is 15.7. The number of ether oxygens (including phenoxy) is 1. The molecule has 1 aliphatic heterocycles. The van der Waals surface area contributed by atoms with Crippen molar-refractivity contribution in [2.24, 2.45) is 7.05 Å². The number of amides is 1. The topological polar surface area (TPSA) is 64.4 Å². The van der Waals surface area contributed by atoms with Gasteiger partial charge in [-0.3, -0.25) is 9.59 Å². The Hall–Kier alpha value is -2.63. The Bertz CT molecular complexity index is 744. The summed E-state index contributed by atoms with van der Waals surface area (Å²) in [5.74, 6) is 0.656. The maximum absolute atomic E-state index is 12.4. The number of hydrogen-bond acceptors (Lipinski definition) is 4. The molecule has 0 spiro atoms. The van der Waals surface area contributed by atoms with Crippen LogP contribution in [0.25, 0.3) is 0 Å². The van der Waals surface area contributed by atoms with E-state index >= 15 is 0 Å². The van der Waals surface area contributed by atoms with Gasteiger partial charge in [-0.25, -0.2) is 4.68 Å². The fraction of sp³-hybridized carbons (Fsp3) is 0.312. The average Bonchev–Trinajstić information content (AvgIpc) is 2.91. The number of nitrogens with zero attached hydrogens (tertiary/aromatic N) is 3. The quantitative estimate of drug-likeness (QED) is 0.843. The van der Waals surface area contributed by atoms with Crippen LogP contribution in [-0.2, 0) is 13.5 Å². The third kappa shape index (κ3) is 2.72. The second kappa shape index (κ2) is 5.63. The molecule has 1 amide bonds. The molecule has 114 valence electrons. The van der Waals surface area contributed by atoms with Crippen LogP contribution in [0.15, 0.2) is 41.2 Å². The summed E-state index contributed by atoms with van der Waals surface area (Å²) in [5, 5.41) is 3.98. The zero-order valence-electron chi connectivity index (χ0n) is 12.5. The fourth-order valence-electron chi connectivity index (χ4n) is 2.56. The molecule has 0 radical (unpaired) electrons. The first-order valence-corrected chi connectivity index (χ1v) is 7.09. The van der Waals surface area contributed by atoms with E-state index in [2.05, 4.69) is 5.10 Å². The van der Waals surface area contributed by atoms with E-state index in [9.17, 15) is 9.59 Å². The number of para-hydroxylation sites is 1. The van der Waals surface area contributed by atoms with Crippen molar-refractivity contribution >= 4 is 5.91 Å². The smallest absolute Gasteiger partial charge is 0.274 e. The summed E-state index contributed by atoms with van der Waals surface area (Å²) in [6.45, 7) is 0.470. The highest BCUT2D eigenvalue weighted by Gasteiger charge is 2.25. The number of likely N-dealkylation sites (N-methyl/N-ethyl adjacent to an activating group) is 1. The second-order valence-corrected chi connectivity index (χ2v) is 5.42. The Labute approximate surface area is 127 Å². The van der Waals surface area contributed by atoms with Crippen molar-refractivity contribution in [1.29, 1.82) is 0 Å². The molecule has 0 fully saturated rings. The molecule has 2 aromatic rings. The van der Waals surface area contributed by atoms with E-state index in [1.165, 1.54) is 19.2 Å². The van der Waals surface area contributed by atoms with Crippen molar-refractivity contribution in [3.8, 4) is 5.75 Å². The molecule has 0 saturated heterocycles. The number of carbonyl (C=O) groups excluding carboxylic acids is 1. The van der Waals surface area contributed by atoms with Gasteiger partial charge in [-0.2, -0.15) is 5.10 Å². The van der Waals surface area contributed by atoms with Crippen LogP contribution < -0.4 is 10.3 Å². The number of benzene rings is 1. The molecule has 0 saturated carbocycles. The van der Waals surface area contributed by atoms with E-state index in [0.29, 0.717) is 6.54 Å². The Kier molecular flexibility index (Phi) is 3.66. The van der Waals surface area contributed by atoms with Crippen molar-refractivity contribution in [1.82, 2.24) is 14.7 Å². The summed E-state index contributed by atoms with van der Waals surface area (Å²) in [5.41, 5.74) is 1.17. The Morgan fingerprint density at radius 3 is 2.86 bits per heavy atom. The van der Waals surface area contributed by atoms with Crippen molar-refractivity contribution < 1.29 is 9.53 Å². The molecule has 6 heteroatoms. The first kappa shape index (κ1) is 14.3. The lowest BCUT2D eigenvalue weighted by Gasteiger charge is -2.20. The number of carbonyl (C=O) groups is 1. The lowest BCUT2D eigenvalue weighted by molar-refractivity contribution is 0.0722. The summed E-state index contributed by atoms with van der Waals surface area (Å²) in [4.78, 5) is 25.3. The molecule has 1 aromatic heterocycles. The van der Waals surface area contributed by atoms with Gasteiger partial charge >= 0.3 is 0 Å². The van der Waals surface area contributed by atoms with E-state index in [-0.39, 0.29) is 23.3 Å². The molecular formula is C16H17N3O3. The van der Waals surface area contributed by atoms with Crippen LogP contribution >= 0.6 is 0 Å². The molecule has 0 bridgehead atoms. The molecular weight excluding hydrogens is 282 g/mol. The van der Waals surface area contributed by atoms with Gasteiger partial charge in [0.15, 0.2) is 0 Å². The molecule has 2 heterocycles. The van der Waals surface area contributed by atoms with Gasteiger partial charge in [-0.05, 0) is 17.7 Å². The lowest BCUT2D eigenvalue weighted by atomic mass is 10.1. The molecule has 0 aliphatic carbocycles. The van der Waals surface area contributed by atoms with Crippen molar-refractivity contribution in [3.63, 3.8) is 0 Å². The summed E-state index contributed by atoms with van der Waals surface area (Å²) >= 11 is 0. The standard InChI is InChI=1S/C16H17N3O3/c1-18(16(21)13-7-8-15(20)19(2)17-13)10-12-9-11-5-3-4-6-14(11)22-12/h3-8,12H,9-10H2,1-2H3.